The first kappa shape index (κ1) is 17.7. The third-order valence-corrected chi connectivity index (χ3v) is 4.93. The first-order chi connectivity index (χ1) is 12.9. The summed E-state index contributed by atoms with van der Waals surface area (Å²) in [5.41, 5.74) is 8.40. The van der Waals surface area contributed by atoms with Crippen LogP contribution < -0.4 is 10.6 Å². The fraction of sp³-hybridized carbons (Fsp3) is 0.316. The number of pyridine rings is 1. The van der Waals surface area contributed by atoms with Gasteiger partial charge in [0.25, 0.3) is 0 Å². The fourth-order valence-corrected chi connectivity index (χ4v) is 3.55. The van der Waals surface area contributed by atoms with Crippen molar-refractivity contribution in [1.29, 1.82) is 0 Å². The summed E-state index contributed by atoms with van der Waals surface area (Å²) in [5.74, 6) is -2.71. The molecule has 2 N–H and O–H groups in total. The zero-order chi connectivity index (χ0) is 19.1. The second-order valence-electron chi connectivity index (χ2n) is 6.82. The Bertz CT molecular complexity index is 1010. The number of fused-ring (bicyclic) bond motifs is 1. The summed E-state index contributed by atoms with van der Waals surface area (Å²) in [6.45, 7) is 2.83. The summed E-state index contributed by atoms with van der Waals surface area (Å²) in [7, 11) is 0. The Kier molecular flexibility index (Phi) is 4.43. The molecule has 1 saturated heterocycles. The average Bonchev–Trinajstić information content (AvgIpc) is 2.64. The molecule has 2 aromatic heterocycles. The molecule has 3 aromatic rings. The predicted octanol–water partition coefficient (Wildman–Crippen LogP) is 3.07. The van der Waals surface area contributed by atoms with Crippen LogP contribution in [0.1, 0.15) is 23.6 Å². The minimum atomic E-state index is -1.20. The summed E-state index contributed by atoms with van der Waals surface area (Å²) >= 11 is 0. The number of aromatic nitrogens is 3. The Morgan fingerprint density at radius 3 is 2.63 bits per heavy atom. The largest absolute Gasteiger partial charge is 0.355 e. The SMILES string of the molecule is Cc1cnc2ccc(N3CC[C@H](c4cc(F)c(F)cc4F)C(N)C3)nc2n1. The quantitative estimate of drug-likeness (QED) is 0.700. The Labute approximate surface area is 154 Å². The smallest absolute Gasteiger partial charge is 0.180 e. The number of anilines is 1. The molecule has 0 aliphatic carbocycles. The topological polar surface area (TPSA) is 67.9 Å². The van der Waals surface area contributed by atoms with Gasteiger partial charge in [-0.25, -0.2) is 23.1 Å². The van der Waals surface area contributed by atoms with E-state index in [1.165, 1.54) is 0 Å². The Hall–Kier alpha value is -2.74. The van der Waals surface area contributed by atoms with Crippen LogP contribution in [0, 0.1) is 24.4 Å². The molecule has 0 radical (unpaired) electrons. The number of aryl methyl sites for hydroxylation is 1. The fourth-order valence-electron chi connectivity index (χ4n) is 3.55. The molecule has 1 fully saturated rings. The predicted molar refractivity (Wildman–Crippen MR) is 95.9 cm³/mol. The molecule has 3 heterocycles. The molecule has 0 bridgehead atoms. The second kappa shape index (κ2) is 6.77. The van der Waals surface area contributed by atoms with Gasteiger partial charge in [-0.3, -0.25) is 4.98 Å². The summed E-state index contributed by atoms with van der Waals surface area (Å²) in [5, 5.41) is 0. The third kappa shape index (κ3) is 3.32. The van der Waals surface area contributed by atoms with Crippen molar-refractivity contribution in [2.24, 2.45) is 5.73 Å². The first-order valence-corrected chi connectivity index (χ1v) is 8.68. The lowest BCUT2D eigenvalue weighted by Crippen LogP contribution is -2.48. The molecule has 0 saturated carbocycles. The Balaban J connectivity index is 1.58. The molecule has 4 rings (SSSR count). The van der Waals surface area contributed by atoms with E-state index in [9.17, 15) is 13.2 Å². The normalized spacial score (nSPS) is 20.3. The third-order valence-electron chi connectivity index (χ3n) is 4.93. The van der Waals surface area contributed by atoms with Crippen LogP contribution in [0.15, 0.2) is 30.5 Å². The van der Waals surface area contributed by atoms with Gasteiger partial charge in [0.05, 0.1) is 5.69 Å². The van der Waals surface area contributed by atoms with Crippen molar-refractivity contribution in [1.82, 2.24) is 15.0 Å². The summed E-state index contributed by atoms with van der Waals surface area (Å²) in [4.78, 5) is 15.2. The molecular weight excluding hydrogens is 355 g/mol. The van der Waals surface area contributed by atoms with E-state index in [4.69, 9.17) is 5.73 Å². The van der Waals surface area contributed by atoms with Crippen LogP contribution in [0.5, 0.6) is 0 Å². The number of hydrogen-bond acceptors (Lipinski definition) is 5. The lowest BCUT2D eigenvalue weighted by atomic mass is 9.85. The van der Waals surface area contributed by atoms with Gasteiger partial charge < -0.3 is 10.6 Å². The van der Waals surface area contributed by atoms with Gasteiger partial charge in [0, 0.05) is 37.3 Å². The number of halogens is 3. The van der Waals surface area contributed by atoms with Crippen LogP contribution in [0.3, 0.4) is 0 Å². The second-order valence-corrected chi connectivity index (χ2v) is 6.82. The van der Waals surface area contributed by atoms with Crippen LogP contribution >= 0.6 is 0 Å². The minimum Gasteiger partial charge on any atom is -0.355 e. The number of piperidine rings is 1. The van der Waals surface area contributed by atoms with Crippen molar-refractivity contribution in [2.75, 3.05) is 18.0 Å². The van der Waals surface area contributed by atoms with Crippen molar-refractivity contribution in [2.45, 2.75) is 25.3 Å². The number of rotatable bonds is 2. The van der Waals surface area contributed by atoms with Gasteiger partial charge in [0.15, 0.2) is 17.3 Å². The van der Waals surface area contributed by atoms with Crippen molar-refractivity contribution in [3.05, 3.63) is 59.2 Å². The monoisotopic (exact) mass is 373 g/mol. The molecule has 2 atom stereocenters. The molecule has 0 amide bonds. The van der Waals surface area contributed by atoms with Gasteiger partial charge in [-0.2, -0.15) is 0 Å². The van der Waals surface area contributed by atoms with Crippen LogP contribution in [-0.4, -0.2) is 34.1 Å². The van der Waals surface area contributed by atoms with Crippen molar-refractivity contribution < 1.29 is 13.2 Å². The molecular formula is C19H18F3N5. The standard InChI is InChI=1S/C19H18F3N5/c1-10-8-24-17-2-3-18(26-19(17)25-10)27-5-4-11(16(23)9-27)12-6-14(21)15(22)7-13(12)20/h2-3,6-8,11,16H,4-5,9,23H2,1H3/t11-,16?/m1/s1. The Morgan fingerprint density at radius 2 is 1.85 bits per heavy atom. The van der Waals surface area contributed by atoms with Crippen molar-refractivity contribution in [3.63, 3.8) is 0 Å². The van der Waals surface area contributed by atoms with Crippen LogP contribution in [0.2, 0.25) is 0 Å². The molecule has 1 aromatic carbocycles. The van der Waals surface area contributed by atoms with E-state index in [1.54, 1.807) is 6.20 Å². The Morgan fingerprint density at radius 1 is 1.07 bits per heavy atom. The van der Waals surface area contributed by atoms with Crippen molar-refractivity contribution >= 4 is 17.0 Å². The van der Waals surface area contributed by atoms with Crippen LogP contribution in [0.25, 0.3) is 11.2 Å². The number of benzene rings is 1. The van der Waals surface area contributed by atoms with Gasteiger partial charge >= 0.3 is 0 Å². The van der Waals surface area contributed by atoms with Gasteiger partial charge in [-0.1, -0.05) is 0 Å². The maximum atomic E-state index is 14.1. The zero-order valence-electron chi connectivity index (χ0n) is 14.7. The van der Waals surface area contributed by atoms with E-state index in [1.807, 2.05) is 24.0 Å². The van der Waals surface area contributed by atoms with Crippen LogP contribution in [0.4, 0.5) is 19.0 Å². The maximum Gasteiger partial charge on any atom is 0.180 e. The number of nitrogens with zero attached hydrogens (tertiary/aromatic N) is 4. The molecule has 0 spiro atoms. The van der Waals surface area contributed by atoms with Crippen LogP contribution in [-0.2, 0) is 0 Å². The lowest BCUT2D eigenvalue weighted by Gasteiger charge is -2.37. The highest BCUT2D eigenvalue weighted by Gasteiger charge is 2.31. The molecule has 5 nitrogen and oxygen atoms in total. The van der Waals surface area contributed by atoms with E-state index >= 15 is 0 Å². The highest BCUT2D eigenvalue weighted by Crippen LogP contribution is 2.32. The lowest BCUT2D eigenvalue weighted by molar-refractivity contribution is 0.416. The zero-order valence-corrected chi connectivity index (χ0v) is 14.7. The summed E-state index contributed by atoms with van der Waals surface area (Å²) in [6.07, 6.45) is 2.18. The first-order valence-electron chi connectivity index (χ1n) is 8.68. The molecule has 1 aliphatic rings. The molecule has 27 heavy (non-hydrogen) atoms. The molecule has 1 unspecified atom stereocenters. The van der Waals surface area contributed by atoms with Crippen molar-refractivity contribution in [3.8, 4) is 0 Å². The highest BCUT2D eigenvalue weighted by atomic mass is 19.2. The molecule has 140 valence electrons. The van der Waals surface area contributed by atoms with Gasteiger partial charge in [-0.05, 0) is 37.1 Å². The molecule has 8 heteroatoms. The van der Waals surface area contributed by atoms with Gasteiger partial charge in [0.1, 0.15) is 17.2 Å². The maximum absolute atomic E-state index is 14.1. The van der Waals surface area contributed by atoms with E-state index in [-0.39, 0.29) is 11.5 Å². The van der Waals surface area contributed by atoms with E-state index in [0.29, 0.717) is 42.6 Å². The number of nitrogens with two attached hydrogens (primary N) is 1. The number of hydrogen-bond donors (Lipinski definition) is 1. The summed E-state index contributed by atoms with van der Waals surface area (Å²) in [6, 6.07) is 4.74. The molecule has 1 aliphatic heterocycles. The minimum absolute atomic E-state index is 0.119. The average molecular weight is 373 g/mol. The van der Waals surface area contributed by atoms with Gasteiger partial charge in [0.2, 0.25) is 0 Å². The summed E-state index contributed by atoms with van der Waals surface area (Å²) < 4.78 is 40.9. The highest BCUT2D eigenvalue weighted by molar-refractivity contribution is 5.72. The van der Waals surface area contributed by atoms with E-state index in [0.717, 1.165) is 11.8 Å². The van der Waals surface area contributed by atoms with E-state index < -0.39 is 23.5 Å². The van der Waals surface area contributed by atoms with Gasteiger partial charge in [-0.15, -0.1) is 0 Å². The van der Waals surface area contributed by atoms with E-state index in [2.05, 4.69) is 15.0 Å².